The number of piperidine rings is 2. The first kappa shape index (κ1) is 54.1. The van der Waals surface area contributed by atoms with Crippen LogP contribution in [0.5, 0.6) is 11.5 Å². The lowest BCUT2D eigenvalue weighted by Crippen LogP contribution is -2.49. The van der Waals surface area contributed by atoms with Gasteiger partial charge in [-0.2, -0.15) is 5.10 Å². The van der Waals surface area contributed by atoms with Crippen molar-refractivity contribution in [2.75, 3.05) is 71.0 Å². The van der Waals surface area contributed by atoms with Crippen molar-refractivity contribution in [2.24, 2.45) is 30.5 Å². The maximum atomic E-state index is 16.6. The maximum absolute atomic E-state index is 16.6. The van der Waals surface area contributed by atoms with Crippen molar-refractivity contribution in [2.45, 2.75) is 88.7 Å². The van der Waals surface area contributed by atoms with E-state index in [4.69, 9.17) is 31.5 Å². The predicted octanol–water partition coefficient (Wildman–Crippen LogP) is 8.92. The molecule has 4 atom stereocenters. The smallest absolute Gasteiger partial charge is 0.329 e. The third-order valence-corrected chi connectivity index (χ3v) is 17.3. The first-order valence-corrected chi connectivity index (χ1v) is 27.1. The lowest BCUT2D eigenvalue weighted by Gasteiger charge is -2.41. The van der Waals surface area contributed by atoms with Gasteiger partial charge in [-0.15, -0.1) is 0 Å². The van der Waals surface area contributed by atoms with Crippen molar-refractivity contribution in [1.29, 1.82) is 0 Å². The van der Waals surface area contributed by atoms with Crippen LogP contribution in [0, 0.1) is 41.0 Å². The minimum Gasteiger partial charge on any atom is -0.488 e. The van der Waals surface area contributed by atoms with E-state index in [0.717, 1.165) is 37.8 Å². The second-order valence-corrected chi connectivity index (χ2v) is 21.9. The number of imide groups is 1. The lowest BCUT2D eigenvalue weighted by atomic mass is 9.77. The number of benzene rings is 4. The van der Waals surface area contributed by atoms with E-state index in [1.165, 1.54) is 41.0 Å². The molecule has 5 aromatic rings. The third-order valence-electron chi connectivity index (χ3n) is 17.0. The Morgan fingerprint density at radius 1 is 0.896 bits per heavy atom. The first-order chi connectivity index (χ1) is 37.0. The Balaban J connectivity index is 0.747. The van der Waals surface area contributed by atoms with Crippen LogP contribution in [0.2, 0.25) is 5.02 Å². The average molecular weight is 1090 g/mol. The number of carbonyl (C=O) groups is 4. The van der Waals surface area contributed by atoms with Crippen LogP contribution < -0.4 is 30.7 Å². The average Bonchev–Trinajstić information content (AvgIpc) is 3.91. The van der Waals surface area contributed by atoms with Crippen LogP contribution in [0.15, 0.2) is 54.6 Å². The number of ether oxygens (including phenoxy) is 3. The van der Waals surface area contributed by atoms with Crippen molar-refractivity contribution in [3.05, 3.63) is 105 Å². The van der Waals surface area contributed by atoms with Gasteiger partial charge in [-0.3, -0.25) is 29.3 Å². The number of aryl methyl sites for hydroxylation is 1. The highest BCUT2D eigenvalue weighted by Crippen LogP contribution is 2.57. The number of nitrogens with zero attached hydrogens (tertiary/aromatic N) is 5. The number of carbonyl (C=O) groups excluding carboxylic acids is 4. The molecule has 77 heavy (non-hydrogen) atoms. The zero-order valence-corrected chi connectivity index (χ0v) is 44.5. The molecule has 0 radical (unpaired) electrons. The van der Waals surface area contributed by atoms with Crippen LogP contribution in [0.4, 0.5) is 28.2 Å². The fourth-order valence-corrected chi connectivity index (χ4v) is 13.1. The van der Waals surface area contributed by atoms with E-state index >= 15 is 17.6 Å². The molecule has 1 aliphatic carbocycles. The molecule has 3 saturated heterocycles. The fourth-order valence-electron chi connectivity index (χ4n) is 12.9. The molecule has 4 N–H and O–H groups in total. The summed E-state index contributed by atoms with van der Waals surface area (Å²) in [6.07, 6.45) is 5.26. The van der Waals surface area contributed by atoms with Gasteiger partial charge in [-0.05, 0) is 93.0 Å². The Labute approximate surface area is 449 Å². The van der Waals surface area contributed by atoms with Crippen LogP contribution in [-0.4, -0.2) is 116 Å². The van der Waals surface area contributed by atoms with Crippen molar-refractivity contribution < 1.29 is 51.0 Å². The molecule has 4 aliphatic heterocycles. The number of likely N-dealkylation sites (tertiary alicyclic amines) is 2. The highest BCUT2D eigenvalue weighted by molar-refractivity contribution is 6.34. The molecular formula is C57H65ClF4N8O7. The summed E-state index contributed by atoms with van der Waals surface area (Å²) >= 11 is 6.76. The summed E-state index contributed by atoms with van der Waals surface area (Å²) in [6.45, 7) is 8.02. The highest BCUT2D eigenvalue weighted by atomic mass is 35.5. The molecule has 4 unspecified atom stereocenters. The van der Waals surface area contributed by atoms with Crippen LogP contribution in [0.3, 0.4) is 0 Å². The number of hydrogen-bond acceptors (Lipinski definition) is 10. The second-order valence-electron chi connectivity index (χ2n) is 21.6. The van der Waals surface area contributed by atoms with Gasteiger partial charge in [0.1, 0.15) is 29.5 Å². The molecule has 0 bridgehead atoms. The molecular weight excluding hydrogens is 1020 g/mol. The van der Waals surface area contributed by atoms with Gasteiger partial charge in [0.25, 0.3) is 0 Å². The zero-order valence-electron chi connectivity index (χ0n) is 43.7. The molecule has 15 nitrogen and oxygen atoms in total. The first-order valence-electron chi connectivity index (χ1n) is 26.7. The lowest BCUT2D eigenvalue weighted by molar-refractivity contribution is -0.138. The number of rotatable bonds is 15. The number of aromatic nitrogens is 2. The number of nitrogens with two attached hydrogens (primary N) is 1. The maximum Gasteiger partial charge on any atom is 0.329 e. The summed E-state index contributed by atoms with van der Waals surface area (Å²) in [4.78, 5) is 56.9. The molecule has 1 saturated carbocycles. The number of urea groups is 1. The van der Waals surface area contributed by atoms with Gasteiger partial charge in [-0.25, -0.2) is 22.4 Å². The van der Waals surface area contributed by atoms with Crippen molar-refractivity contribution in [1.82, 2.24) is 30.2 Å². The Morgan fingerprint density at radius 3 is 2.32 bits per heavy atom. The summed E-state index contributed by atoms with van der Waals surface area (Å²) in [7, 11) is 3.05. The van der Waals surface area contributed by atoms with Crippen molar-refractivity contribution >= 4 is 52.1 Å². The van der Waals surface area contributed by atoms with Gasteiger partial charge in [0, 0.05) is 106 Å². The Bertz CT molecular complexity index is 3090. The molecule has 4 aromatic carbocycles. The van der Waals surface area contributed by atoms with Crippen LogP contribution in [0.1, 0.15) is 104 Å². The topological polar surface area (TPSA) is 174 Å². The minimum absolute atomic E-state index is 0.0165. The monoisotopic (exact) mass is 1080 g/mol. The molecule has 5 heterocycles. The number of anilines is 1. The van der Waals surface area contributed by atoms with Crippen molar-refractivity contribution in [3.63, 3.8) is 0 Å². The Hall–Kier alpha value is -6.28. The van der Waals surface area contributed by atoms with E-state index < -0.39 is 52.6 Å². The normalized spacial score (nSPS) is 24.2. The molecule has 10 rings (SSSR count). The fraction of sp³-hybridized carbons (Fsp3) is 0.491. The summed E-state index contributed by atoms with van der Waals surface area (Å²) < 4.78 is 83.9. The van der Waals surface area contributed by atoms with Gasteiger partial charge >= 0.3 is 6.03 Å². The molecule has 20 heteroatoms. The van der Waals surface area contributed by atoms with Crippen LogP contribution in [-0.2, 0) is 27.0 Å². The van der Waals surface area contributed by atoms with Gasteiger partial charge in [0.15, 0.2) is 28.8 Å². The molecule has 410 valence electrons. The van der Waals surface area contributed by atoms with Gasteiger partial charge in [0.05, 0.1) is 22.6 Å². The van der Waals surface area contributed by atoms with E-state index in [9.17, 15) is 19.2 Å². The van der Waals surface area contributed by atoms with E-state index in [1.54, 1.807) is 7.05 Å². The van der Waals surface area contributed by atoms with Crippen molar-refractivity contribution in [3.8, 4) is 22.6 Å². The number of nitrogens with one attached hydrogen (secondary N) is 2. The number of primary amides is 1. The second kappa shape index (κ2) is 22.2. The van der Waals surface area contributed by atoms with E-state index in [0.29, 0.717) is 56.9 Å². The quantitative estimate of drug-likeness (QED) is 0.0679. The van der Waals surface area contributed by atoms with Gasteiger partial charge in [-0.1, -0.05) is 55.8 Å². The highest BCUT2D eigenvalue weighted by Gasteiger charge is 2.50. The molecule has 5 amide bonds. The SMILES string of the molecule is COCCOc1ccc(C(N)=O)c(-c2c(Cl)c(F)cc3c2C(C)C(CNC2CCC(C(=O)N4CCC(CN5CCC(c6c(F)cc7c(N8CCC(=O)NC8=O)nn(C)c7c6F)C(C)C5)CC4)CC2)(c2ccccc2)O3)c1F. The summed E-state index contributed by atoms with van der Waals surface area (Å²) in [5.74, 6) is -4.90. The minimum atomic E-state index is -1.12. The largest absolute Gasteiger partial charge is 0.488 e. The molecule has 5 aliphatic rings. The number of methoxy groups -OCH3 is 1. The standard InChI is InChI=1S/C57H65ClF4N8O7/c1-31-28-68(20-18-37(31)46-40(59)26-39-52(51(46)62)67(3)66-54(39)70-23-19-44(71)65-56(70)74)29-33-16-21-69(22-17-33)55(73)34-10-12-36(13-11-34)64-30-57(35-8-6-5-7-9-35)32(2)45-43(77-57)27-41(60)49(58)48(45)47-38(53(63)72)14-15-42(50(47)61)76-25-24-75-4/h5-9,14-15,26-27,31-34,36-37,64H,10-13,16-25,28-30H2,1-4H3,(H2,63,72)(H,65,71,74). The molecule has 0 spiro atoms. The Kier molecular flexibility index (Phi) is 15.6. The van der Waals surface area contributed by atoms with E-state index in [1.807, 2.05) is 49.1 Å². The number of fused-ring (bicyclic) bond motifs is 2. The zero-order chi connectivity index (χ0) is 54.4. The number of hydrogen-bond donors (Lipinski definition) is 3. The summed E-state index contributed by atoms with van der Waals surface area (Å²) in [5.41, 5.74) is 5.54. The van der Waals surface area contributed by atoms with Crippen LogP contribution in [0.25, 0.3) is 22.0 Å². The molecule has 1 aromatic heterocycles. The number of halogens is 5. The van der Waals surface area contributed by atoms with Gasteiger partial charge < -0.3 is 35.1 Å². The van der Waals surface area contributed by atoms with E-state index in [-0.39, 0.29) is 118 Å². The van der Waals surface area contributed by atoms with Gasteiger partial charge in [0.2, 0.25) is 17.7 Å². The van der Waals surface area contributed by atoms with Crippen LogP contribution >= 0.6 is 11.6 Å². The molecule has 4 fully saturated rings. The number of amides is 5. The third kappa shape index (κ3) is 10.2. The predicted molar refractivity (Wildman–Crippen MR) is 282 cm³/mol. The van der Waals surface area contributed by atoms with E-state index in [2.05, 4.69) is 20.6 Å². The summed E-state index contributed by atoms with van der Waals surface area (Å²) in [5, 5.41) is 10.2. The Morgan fingerprint density at radius 2 is 1.64 bits per heavy atom. The summed E-state index contributed by atoms with van der Waals surface area (Å²) in [6, 6.07) is 14.0.